The van der Waals surface area contributed by atoms with E-state index >= 15 is 0 Å². The lowest BCUT2D eigenvalue weighted by Crippen LogP contribution is -2.37. The average molecular weight is 1060 g/mol. The first-order valence-electron chi connectivity index (χ1n) is 30.7. The summed E-state index contributed by atoms with van der Waals surface area (Å²) in [5.41, 5.74) is 0. The summed E-state index contributed by atoms with van der Waals surface area (Å²) in [6, 6.07) is 0. The second-order valence-corrected chi connectivity index (χ2v) is 23.2. The fourth-order valence-corrected chi connectivity index (χ4v) is 9.25. The Bertz CT molecular complexity index is 1480. The molecule has 0 amide bonds. The van der Waals surface area contributed by atoms with Crippen molar-refractivity contribution in [1.82, 2.24) is 0 Å². The third-order valence-corrected chi connectivity index (χ3v) is 14.2. The Kier molecular flexibility index (Phi) is 53.3. The van der Waals surface area contributed by atoms with Crippen molar-refractivity contribution in [3.05, 3.63) is 72.9 Å². The van der Waals surface area contributed by atoms with Gasteiger partial charge in [-0.1, -0.05) is 247 Å². The average Bonchev–Trinajstić information content (AvgIpc) is 3.36. The van der Waals surface area contributed by atoms with E-state index in [1.54, 1.807) is 0 Å². The molecule has 0 rings (SSSR count). The molecular weight excluding hydrogens is 942 g/mol. The largest absolute Gasteiger partial charge is 0.472 e. The monoisotopic (exact) mass is 1060 g/mol. The maximum atomic E-state index is 12.8. The summed E-state index contributed by atoms with van der Waals surface area (Å²) in [6.45, 7) is 4.33. The molecule has 0 aromatic carbocycles. The number of unbranched alkanes of at least 4 members (excludes halogenated alkanes) is 30. The van der Waals surface area contributed by atoms with E-state index in [0.29, 0.717) is 17.4 Å². The van der Waals surface area contributed by atoms with Gasteiger partial charge in [-0.05, 0) is 83.5 Å². The van der Waals surface area contributed by atoms with Gasteiger partial charge in [0.15, 0.2) is 6.10 Å². The zero-order valence-electron chi connectivity index (χ0n) is 48.8. The topological polar surface area (TPSA) is 108 Å². The van der Waals surface area contributed by atoms with Gasteiger partial charge in [-0.2, -0.15) is 0 Å². The van der Waals surface area contributed by atoms with Crippen LogP contribution in [0.1, 0.15) is 271 Å². The SMILES string of the molecule is CC/C=C\C/C=C\C/C=C\C/C=C\CCCCCCCCCCCCCCC(=O)OC(COC(=O)CCCCCCCCCCCCCCC/C=C\C/C=C\CCCCCCC)COP(=O)(O)OCC[N+](C)(C)C. The van der Waals surface area contributed by atoms with Gasteiger partial charge in [0.2, 0.25) is 0 Å². The highest BCUT2D eigenvalue weighted by atomic mass is 31.2. The summed E-state index contributed by atoms with van der Waals surface area (Å²) in [5.74, 6) is -0.794. The molecule has 10 heteroatoms. The third kappa shape index (κ3) is 58.7. The first-order valence-corrected chi connectivity index (χ1v) is 32.2. The Balaban J connectivity index is 4.13. The smallest absolute Gasteiger partial charge is 0.462 e. The molecule has 0 bridgehead atoms. The summed E-state index contributed by atoms with van der Waals surface area (Å²) in [4.78, 5) is 35.8. The maximum absolute atomic E-state index is 12.8. The Hall–Kier alpha value is -2.55. The molecule has 0 heterocycles. The zero-order chi connectivity index (χ0) is 54.2. The van der Waals surface area contributed by atoms with Crippen molar-refractivity contribution in [3.63, 3.8) is 0 Å². The first-order chi connectivity index (χ1) is 36.0. The normalized spacial score (nSPS) is 13.8. The fourth-order valence-electron chi connectivity index (χ4n) is 8.51. The van der Waals surface area contributed by atoms with E-state index in [-0.39, 0.29) is 32.0 Å². The minimum atomic E-state index is -4.39. The van der Waals surface area contributed by atoms with Crippen molar-refractivity contribution in [2.24, 2.45) is 0 Å². The molecule has 0 aromatic rings. The van der Waals surface area contributed by atoms with Gasteiger partial charge in [0.25, 0.3) is 0 Å². The number of esters is 2. The lowest BCUT2D eigenvalue weighted by molar-refractivity contribution is -0.870. The molecule has 2 atom stereocenters. The standard InChI is InChI=1S/C64H116NO8P/c1-6-8-10-12-14-16-18-20-22-24-26-28-30-32-34-36-38-40-42-44-46-48-50-52-54-56-63(66)70-60-62(61-72-74(68,69)71-59-58-65(3,4)5)73-64(67)57-55-53-51-49-47-45-43-41-39-37-35-33-31-29-27-25-23-21-19-17-15-13-11-9-7-2/h9,11,15,17-18,20-21,23-24,26-27,29,62H,6-8,10,12-14,16,19,22,25,28,30-61H2,1-5H3/p+1/b11-9-,17-15-,20-18-,23-21-,26-24-,29-27-. The summed E-state index contributed by atoms with van der Waals surface area (Å²) >= 11 is 0. The lowest BCUT2D eigenvalue weighted by atomic mass is 10.0. The minimum absolute atomic E-state index is 0.0295. The molecule has 0 fully saturated rings. The molecule has 9 nitrogen and oxygen atoms in total. The van der Waals surface area contributed by atoms with Crippen LogP contribution in [-0.2, 0) is 32.7 Å². The summed E-state index contributed by atoms with van der Waals surface area (Å²) in [5, 5.41) is 0. The summed E-state index contributed by atoms with van der Waals surface area (Å²) < 4.78 is 34.6. The molecule has 0 saturated heterocycles. The van der Waals surface area contributed by atoms with Crippen LogP contribution in [0.25, 0.3) is 0 Å². The molecule has 1 N–H and O–H groups in total. The minimum Gasteiger partial charge on any atom is -0.462 e. The molecule has 0 aromatic heterocycles. The Morgan fingerprint density at radius 2 is 0.770 bits per heavy atom. The molecule has 0 spiro atoms. The third-order valence-electron chi connectivity index (χ3n) is 13.2. The van der Waals surface area contributed by atoms with Gasteiger partial charge in [-0.25, -0.2) is 4.57 Å². The molecule has 0 saturated carbocycles. The maximum Gasteiger partial charge on any atom is 0.472 e. The number of ether oxygens (including phenoxy) is 2. The Labute approximate surface area is 457 Å². The van der Waals surface area contributed by atoms with E-state index in [1.165, 1.54) is 167 Å². The van der Waals surface area contributed by atoms with E-state index < -0.39 is 26.5 Å². The van der Waals surface area contributed by atoms with Crippen LogP contribution >= 0.6 is 7.82 Å². The molecule has 430 valence electrons. The second kappa shape index (κ2) is 55.2. The number of carbonyl (C=O) groups excluding carboxylic acids is 2. The van der Waals surface area contributed by atoms with Gasteiger partial charge < -0.3 is 18.9 Å². The van der Waals surface area contributed by atoms with E-state index in [0.717, 1.165) is 70.6 Å². The number of phosphoric acid groups is 1. The van der Waals surface area contributed by atoms with Crippen LogP contribution in [0.5, 0.6) is 0 Å². The lowest BCUT2D eigenvalue weighted by Gasteiger charge is -2.24. The quantitative estimate of drug-likeness (QED) is 0.0211. The van der Waals surface area contributed by atoms with Crippen LogP contribution in [0, 0.1) is 0 Å². The molecule has 0 aliphatic carbocycles. The van der Waals surface area contributed by atoms with Gasteiger partial charge in [0.1, 0.15) is 19.8 Å². The summed E-state index contributed by atoms with van der Waals surface area (Å²) in [7, 11) is 1.48. The highest BCUT2D eigenvalue weighted by Crippen LogP contribution is 2.43. The fraction of sp³-hybridized carbons (Fsp3) is 0.781. The molecule has 0 aliphatic rings. The van der Waals surface area contributed by atoms with E-state index in [4.69, 9.17) is 18.5 Å². The number of rotatable bonds is 56. The van der Waals surface area contributed by atoms with Crippen LogP contribution in [0.4, 0.5) is 0 Å². The van der Waals surface area contributed by atoms with Gasteiger partial charge >= 0.3 is 19.8 Å². The number of allylic oxidation sites excluding steroid dienone is 12. The van der Waals surface area contributed by atoms with Crippen LogP contribution in [0.15, 0.2) is 72.9 Å². The van der Waals surface area contributed by atoms with E-state index in [9.17, 15) is 19.0 Å². The Morgan fingerprint density at radius 3 is 1.15 bits per heavy atom. The molecule has 2 unspecified atom stereocenters. The number of likely N-dealkylation sites (N-methyl/N-ethyl adjacent to an activating group) is 1. The van der Waals surface area contributed by atoms with Gasteiger partial charge in [-0.15, -0.1) is 0 Å². The van der Waals surface area contributed by atoms with Crippen molar-refractivity contribution in [2.75, 3.05) is 47.5 Å². The van der Waals surface area contributed by atoms with Crippen LogP contribution in [0.3, 0.4) is 0 Å². The van der Waals surface area contributed by atoms with Crippen LogP contribution in [-0.4, -0.2) is 74.9 Å². The van der Waals surface area contributed by atoms with E-state index in [1.807, 2.05) is 21.1 Å². The van der Waals surface area contributed by atoms with Crippen molar-refractivity contribution < 1.29 is 42.1 Å². The summed E-state index contributed by atoms with van der Waals surface area (Å²) in [6.07, 6.45) is 72.6. The zero-order valence-corrected chi connectivity index (χ0v) is 49.7. The second-order valence-electron chi connectivity index (χ2n) is 21.7. The highest BCUT2D eigenvalue weighted by Gasteiger charge is 2.27. The number of hydrogen-bond acceptors (Lipinski definition) is 7. The number of nitrogens with zero attached hydrogens (tertiary/aromatic N) is 1. The van der Waals surface area contributed by atoms with Gasteiger partial charge in [-0.3, -0.25) is 18.6 Å². The van der Waals surface area contributed by atoms with E-state index in [2.05, 4.69) is 86.8 Å². The number of phosphoric ester groups is 1. The van der Waals surface area contributed by atoms with Crippen molar-refractivity contribution in [3.8, 4) is 0 Å². The molecule has 74 heavy (non-hydrogen) atoms. The molecular formula is C64H117NO8P+. The molecule has 0 radical (unpaired) electrons. The molecule has 0 aliphatic heterocycles. The van der Waals surface area contributed by atoms with Gasteiger partial charge in [0, 0.05) is 12.8 Å². The number of quaternary nitrogens is 1. The van der Waals surface area contributed by atoms with Crippen molar-refractivity contribution in [1.29, 1.82) is 0 Å². The first kappa shape index (κ1) is 71.5. The van der Waals surface area contributed by atoms with Crippen molar-refractivity contribution in [2.45, 2.75) is 277 Å². The predicted octanol–water partition coefficient (Wildman–Crippen LogP) is 19.3. The van der Waals surface area contributed by atoms with Crippen molar-refractivity contribution >= 4 is 19.8 Å². The van der Waals surface area contributed by atoms with Crippen LogP contribution < -0.4 is 0 Å². The van der Waals surface area contributed by atoms with Gasteiger partial charge in [0.05, 0.1) is 27.7 Å². The Morgan fingerprint density at radius 1 is 0.432 bits per heavy atom. The predicted molar refractivity (Wildman–Crippen MR) is 316 cm³/mol. The number of carbonyl (C=O) groups is 2. The van der Waals surface area contributed by atoms with Crippen LogP contribution in [0.2, 0.25) is 0 Å². The number of hydrogen-bond donors (Lipinski definition) is 1. The highest BCUT2D eigenvalue weighted by molar-refractivity contribution is 7.47.